The first-order chi connectivity index (χ1) is 11.4. The van der Waals surface area contributed by atoms with Crippen molar-refractivity contribution in [3.8, 4) is 0 Å². The van der Waals surface area contributed by atoms with Gasteiger partial charge in [0.15, 0.2) is 0 Å². The molecule has 0 aliphatic carbocycles. The first-order valence-corrected chi connectivity index (χ1v) is 10.3. The predicted molar refractivity (Wildman–Crippen MR) is 94.5 cm³/mol. The van der Waals surface area contributed by atoms with Gasteiger partial charge >= 0.3 is 0 Å². The highest BCUT2D eigenvalue weighted by atomic mass is 32.2. The van der Waals surface area contributed by atoms with Crippen molar-refractivity contribution in [3.05, 3.63) is 29.8 Å². The van der Waals surface area contributed by atoms with Crippen molar-refractivity contribution < 1.29 is 13.2 Å². The number of benzene rings is 1. The second-order valence-corrected chi connectivity index (χ2v) is 9.09. The molecule has 1 aromatic rings. The van der Waals surface area contributed by atoms with E-state index in [4.69, 9.17) is 4.74 Å². The van der Waals surface area contributed by atoms with Crippen molar-refractivity contribution in [3.63, 3.8) is 0 Å². The van der Waals surface area contributed by atoms with Crippen molar-refractivity contribution >= 4 is 10.0 Å². The molecule has 0 N–H and O–H groups in total. The van der Waals surface area contributed by atoms with Gasteiger partial charge < -0.3 is 4.74 Å². The molecule has 3 unspecified atom stereocenters. The molecule has 1 aromatic carbocycles. The van der Waals surface area contributed by atoms with Gasteiger partial charge in [-0.05, 0) is 45.7 Å². The highest BCUT2D eigenvalue weighted by molar-refractivity contribution is 7.89. The molecule has 3 rings (SSSR count). The molecule has 2 aliphatic rings. The summed E-state index contributed by atoms with van der Waals surface area (Å²) in [5.74, 6) is 0. The number of nitrogens with zero attached hydrogens (tertiary/aromatic N) is 2. The van der Waals surface area contributed by atoms with Gasteiger partial charge in [0.05, 0.1) is 17.1 Å². The molecule has 0 amide bonds. The molecule has 0 spiro atoms. The summed E-state index contributed by atoms with van der Waals surface area (Å²) in [5, 5.41) is 0. The molecule has 2 heterocycles. The smallest absolute Gasteiger partial charge is 0.243 e. The second-order valence-electron chi connectivity index (χ2n) is 7.20. The molecular formula is C18H28N2O3S. The van der Waals surface area contributed by atoms with Gasteiger partial charge in [-0.1, -0.05) is 17.7 Å². The number of rotatable bonds is 4. The summed E-state index contributed by atoms with van der Waals surface area (Å²) >= 11 is 0. The SMILES string of the molecule is Cc1ccc(S(=O)(=O)N2CCCC2CN2CC(C)OC(C)C2)cc1. The summed E-state index contributed by atoms with van der Waals surface area (Å²) < 4.78 is 33.5. The Hall–Kier alpha value is -0.950. The third-order valence-corrected chi connectivity index (χ3v) is 6.88. The molecule has 2 saturated heterocycles. The fourth-order valence-corrected chi connectivity index (χ4v) is 5.57. The zero-order chi connectivity index (χ0) is 17.3. The summed E-state index contributed by atoms with van der Waals surface area (Å²) in [6.07, 6.45) is 2.28. The van der Waals surface area contributed by atoms with E-state index in [1.165, 1.54) is 0 Å². The molecule has 6 heteroatoms. The zero-order valence-electron chi connectivity index (χ0n) is 14.8. The normalized spacial score (nSPS) is 29.9. The van der Waals surface area contributed by atoms with Gasteiger partial charge in [0.25, 0.3) is 0 Å². The van der Waals surface area contributed by atoms with Crippen LogP contribution >= 0.6 is 0 Å². The lowest BCUT2D eigenvalue weighted by molar-refractivity contribution is -0.0707. The van der Waals surface area contributed by atoms with Gasteiger partial charge in [-0.2, -0.15) is 4.31 Å². The van der Waals surface area contributed by atoms with E-state index in [0.717, 1.165) is 38.0 Å². The highest BCUT2D eigenvalue weighted by Crippen LogP contribution is 2.27. The van der Waals surface area contributed by atoms with Crippen molar-refractivity contribution in [2.45, 2.75) is 56.8 Å². The monoisotopic (exact) mass is 352 g/mol. The maximum Gasteiger partial charge on any atom is 0.243 e. The first kappa shape index (κ1) is 17.9. The molecule has 0 aromatic heterocycles. The minimum absolute atomic E-state index is 0.0637. The van der Waals surface area contributed by atoms with Crippen molar-refractivity contribution in [1.29, 1.82) is 0 Å². The molecule has 134 valence electrons. The Labute approximate surface area is 145 Å². The van der Waals surface area contributed by atoms with Gasteiger partial charge in [0.2, 0.25) is 10.0 Å². The Morgan fingerprint density at radius 2 is 1.75 bits per heavy atom. The average molecular weight is 353 g/mol. The van der Waals surface area contributed by atoms with Gasteiger partial charge in [0.1, 0.15) is 0 Å². The van der Waals surface area contributed by atoms with Crippen LogP contribution in [0.15, 0.2) is 29.2 Å². The van der Waals surface area contributed by atoms with E-state index >= 15 is 0 Å². The van der Waals surface area contributed by atoms with Crippen LogP contribution in [-0.2, 0) is 14.8 Å². The average Bonchev–Trinajstić information content (AvgIpc) is 2.95. The third kappa shape index (κ3) is 3.82. The van der Waals surface area contributed by atoms with Crippen LogP contribution in [0.2, 0.25) is 0 Å². The van der Waals surface area contributed by atoms with Crippen LogP contribution in [0.4, 0.5) is 0 Å². The van der Waals surface area contributed by atoms with E-state index in [0.29, 0.717) is 11.4 Å². The molecule has 0 bridgehead atoms. The largest absolute Gasteiger partial charge is 0.373 e. The maximum absolute atomic E-state index is 13.0. The number of sulfonamides is 1. The third-order valence-electron chi connectivity index (χ3n) is 4.91. The maximum atomic E-state index is 13.0. The Morgan fingerprint density at radius 3 is 2.38 bits per heavy atom. The molecule has 0 radical (unpaired) electrons. The van der Waals surface area contributed by atoms with Crippen LogP contribution in [0.1, 0.15) is 32.3 Å². The first-order valence-electron chi connectivity index (χ1n) is 8.82. The van der Waals surface area contributed by atoms with Crippen LogP contribution in [0.5, 0.6) is 0 Å². The Balaban J connectivity index is 1.74. The standard InChI is InChI=1S/C18H28N2O3S/c1-14-6-8-18(9-7-14)24(21,22)20-10-4-5-17(20)13-19-11-15(2)23-16(3)12-19/h6-9,15-17H,4-5,10-13H2,1-3H3. The van der Waals surface area contributed by atoms with Crippen molar-refractivity contribution in [1.82, 2.24) is 9.21 Å². The Morgan fingerprint density at radius 1 is 1.12 bits per heavy atom. The lowest BCUT2D eigenvalue weighted by atomic mass is 10.1. The number of morpholine rings is 1. The van der Waals surface area contributed by atoms with Gasteiger partial charge in [-0.25, -0.2) is 8.42 Å². The van der Waals surface area contributed by atoms with Gasteiger partial charge in [-0.3, -0.25) is 4.90 Å². The van der Waals surface area contributed by atoms with Gasteiger partial charge in [-0.15, -0.1) is 0 Å². The topological polar surface area (TPSA) is 49.9 Å². The van der Waals surface area contributed by atoms with E-state index in [9.17, 15) is 8.42 Å². The van der Waals surface area contributed by atoms with E-state index in [1.54, 1.807) is 16.4 Å². The van der Waals surface area contributed by atoms with E-state index in [2.05, 4.69) is 18.7 Å². The summed E-state index contributed by atoms with van der Waals surface area (Å²) in [5.41, 5.74) is 1.07. The van der Waals surface area contributed by atoms with E-state index in [1.807, 2.05) is 19.1 Å². The van der Waals surface area contributed by atoms with Crippen LogP contribution in [0.25, 0.3) is 0 Å². The highest BCUT2D eigenvalue weighted by Gasteiger charge is 2.37. The van der Waals surface area contributed by atoms with E-state index in [-0.39, 0.29) is 18.2 Å². The molecule has 5 nitrogen and oxygen atoms in total. The van der Waals surface area contributed by atoms with E-state index < -0.39 is 10.0 Å². The lowest BCUT2D eigenvalue weighted by Gasteiger charge is -2.38. The molecule has 3 atom stereocenters. The van der Waals surface area contributed by atoms with Crippen molar-refractivity contribution in [2.75, 3.05) is 26.2 Å². The minimum atomic E-state index is -3.41. The molecule has 24 heavy (non-hydrogen) atoms. The predicted octanol–water partition coefficient (Wildman–Crippen LogP) is 2.26. The summed E-state index contributed by atoms with van der Waals surface area (Å²) in [6, 6.07) is 7.23. The van der Waals surface area contributed by atoms with Crippen molar-refractivity contribution in [2.24, 2.45) is 0 Å². The number of hydrogen-bond acceptors (Lipinski definition) is 4. The van der Waals surface area contributed by atoms with Crippen LogP contribution in [-0.4, -0.2) is 62.1 Å². The van der Waals surface area contributed by atoms with Gasteiger partial charge in [0, 0.05) is 32.2 Å². The Bertz CT molecular complexity index is 649. The Kier molecular flexibility index (Phi) is 5.30. The lowest BCUT2D eigenvalue weighted by Crippen LogP contribution is -2.50. The molecular weight excluding hydrogens is 324 g/mol. The number of aryl methyl sites for hydroxylation is 1. The summed E-state index contributed by atoms with van der Waals surface area (Å²) in [4.78, 5) is 2.76. The fourth-order valence-electron chi connectivity index (χ4n) is 3.89. The molecule has 0 saturated carbocycles. The second kappa shape index (κ2) is 7.12. The minimum Gasteiger partial charge on any atom is -0.373 e. The van der Waals surface area contributed by atoms with Crippen LogP contribution in [0, 0.1) is 6.92 Å². The quantitative estimate of drug-likeness (QED) is 0.834. The molecule has 2 aliphatic heterocycles. The van der Waals surface area contributed by atoms with Crippen LogP contribution in [0.3, 0.4) is 0 Å². The number of ether oxygens (including phenoxy) is 1. The number of hydrogen-bond donors (Lipinski definition) is 0. The molecule has 2 fully saturated rings. The summed E-state index contributed by atoms with van der Waals surface area (Å²) in [7, 11) is -3.41. The van der Waals surface area contributed by atoms with Crippen LogP contribution < -0.4 is 0 Å². The summed E-state index contributed by atoms with van der Waals surface area (Å²) in [6.45, 7) is 9.30. The fraction of sp³-hybridized carbons (Fsp3) is 0.667. The zero-order valence-corrected chi connectivity index (χ0v) is 15.6.